The minimum atomic E-state index is -0.580. The predicted octanol–water partition coefficient (Wildman–Crippen LogP) is 3.02. The van der Waals surface area contributed by atoms with Crippen molar-refractivity contribution in [1.82, 2.24) is 9.47 Å². The van der Waals surface area contributed by atoms with Crippen molar-refractivity contribution < 1.29 is 28.6 Å². The van der Waals surface area contributed by atoms with Crippen molar-refractivity contribution in [1.29, 1.82) is 0 Å². The van der Waals surface area contributed by atoms with Crippen molar-refractivity contribution in [2.45, 2.75) is 20.4 Å². The Bertz CT molecular complexity index is 1210. The molecule has 0 bridgehead atoms. The van der Waals surface area contributed by atoms with E-state index < -0.39 is 17.5 Å². The van der Waals surface area contributed by atoms with Gasteiger partial charge in [-0.15, -0.1) is 0 Å². The largest absolute Gasteiger partial charge is 0.481 e. The maximum absolute atomic E-state index is 12.9. The lowest BCUT2D eigenvalue weighted by Crippen LogP contribution is -2.38. The van der Waals surface area contributed by atoms with Gasteiger partial charge >= 0.3 is 5.97 Å². The first-order chi connectivity index (χ1) is 17.0. The summed E-state index contributed by atoms with van der Waals surface area (Å²) in [7, 11) is 0. The molecule has 0 atom stereocenters. The summed E-state index contributed by atoms with van der Waals surface area (Å²) in [6.45, 7) is 7.25. The van der Waals surface area contributed by atoms with Gasteiger partial charge in [0.15, 0.2) is 12.4 Å². The fourth-order valence-corrected chi connectivity index (χ4v) is 4.33. The Morgan fingerprint density at radius 3 is 2.46 bits per heavy atom. The molecule has 0 spiro atoms. The molecule has 1 aliphatic rings. The minimum Gasteiger partial charge on any atom is -0.481 e. The number of hydrogen-bond acceptors (Lipinski definition) is 7. The van der Waals surface area contributed by atoms with Crippen LogP contribution >= 0.6 is 0 Å². The highest BCUT2D eigenvalue weighted by Crippen LogP contribution is 2.34. The molecular weight excluding hydrogens is 448 g/mol. The number of rotatable bonds is 10. The molecule has 4 rings (SSSR count). The number of carbonyl (C=O) groups is 3. The van der Waals surface area contributed by atoms with Crippen molar-refractivity contribution in [3.8, 4) is 5.75 Å². The number of hydrogen-bond donors (Lipinski definition) is 0. The summed E-state index contributed by atoms with van der Waals surface area (Å²) in [5.74, 6) is -1.25. The Hall–Kier alpha value is -3.49. The van der Waals surface area contributed by atoms with Crippen LogP contribution in [0.2, 0.25) is 0 Å². The molecule has 8 heteroatoms. The maximum atomic E-state index is 12.9. The first-order valence-corrected chi connectivity index (χ1v) is 11.7. The zero-order chi connectivity index (χ0) is 24.8. The van der Waals surface area contributed by atoms with E-state index in [0.717, 1.165) is 24.2 Å². The van der Waals surface area contributed by atoms with E-state index in [4.69, 9.17) is 14.2 Å². The van der Waals surface area contributed by atoms with Gasteiger partial charge in [0.1, 0.15) is 12.4 Å². The van der Waals surface area contributed by atoms with Gasteiger partial charge in [-0.25, -0.2) is 4.79 Å². The summed E-state index contributed by atoms with van der Waals surface area (Å²) in [4.78, 5) is 39.4. The lowest BCUT2D eigenvalue weighted by Gasteiger charge is -2.26. The average Bonchev–Trinajstić information content (AvgIpc) is 3.15. The number of fused-ring (bicyclic) bond motifs is 1. The van der Waals surface area contributed by atoms with E-state index >= 15 is 0 Å². The first-order valence-electron chi connectivity index (χ1n) is 11.7. The number of benzene rings is 2. The van der Waals surface area contributed by atoms with E-state index in [1.54, 1.807) is 6.07 Å². The summed E-state index contributed by atoms with van der Waals surface area (Å²) in [5, 5.41) is 0.530. The molecule has 184 valence electrons. The van der Waals surface area contributed by atoms with Gasteiger partial charge in [-0.1, -0.05) is 36.4 Å². The zero-order valence-electron chi connectivity index (χ0n) is 20.1. The number of ether oxygens (including phenoxy) is 3. The van der Waals surface area contributed by atoms with Gasteiger partial charge in [-0.3, -0.25) is 14.5 Å². The van der Waals surface area contributed by atoms with Crippen LogP contribution in [0.15, 0.2) is 48.5 Å². The zero-order valence-corrected chi connectivity index (χ0v) is 20.1. The van der Waals surface area contributed by atoms with Crippen molar-refractivity contribution in [3.05, 3.63) is 65.4 Å². The highest BCUT2D eigenvalue weighted by atomic mass is 16.6. The molecule has 1 aliphatic heterocycles. The fourth-order valence-electron chi connectivity index (χ4n) is 4.33. The number of Topliss-reactive ketones (excluding diaryl/α,β-unsaturated/α-hetero) is 2. The summed E-state index contributed by atoms with van der Waals surface area (Å²) in [5.41, 5.74) is 2.80. The molecule has 0 unspecified atom stereocenters. The number of morpholine rings is 1. The molecule has 0 saturated carbocycles. The minimum absolute atomic E-state index is 0.271. The van der Waals surface area contributed by atoms with Gasteiger partial charge in [-0.05, 0) is 24.6 Å². The Morgan fingerprint density at radius 1 is 1.00 bits per heavy atom. The van der Waals surface area contributed by atoms with Gasteiger partial charge in [0.05, 0.1) is 29.7 Å². The molecule has 0 radical (unpaired) electrons. The highest BCUT2D eigenvalue weighted by molar-refractivity contribution is 6.45. The van der Waals surface area contributed by atoms with Gasteiger partial charge in [0.2, 0.25) is 5.78 Å². The van der Waals surface area contributed by atoms with Crippen LogP contribution in [0.4, 0.5) is 0 Å². The Balaban J connectivity index is 1.54. The van der Waals surface area contributed by atoms with Crippen LogP contribution in [-0.4, -0.2) is 73.1 Å². The van der Waals surface area contributed by atoms with E-state index in [1.807, 2.05) is 54.0 Å². The van der Waals surface area contributed by atoms with Crippen molar-refractivity contribution in [2.24, 2.45) is 0 Å². The lowest BCUT2D eigenvalue weighted by molar-refractivity contribution is -0.146. The molecule has 2 aromatic carbocycles. The van der Waals surface area contributed by atoms with Gasteiger partial charge < -0.3 is 18.8 Å². The van der Waals surface area contributed by atoms with E-state index in [1.165, 1.54) is 6.92 Å². The third-order valence-corrected chi connectivity index (χ3v) is 6.16. The van der Waals surface area contributed by atoms with Crippen LogP contribution in [0, 0.1) is 6.92 Å². The van der Waals surface area contributed by atoms with Crippen molar-refractivity contribution >= 4 is 28.4 Å². The molecular formula is C27H30N2O6. The molecule has 1 fully saturated rings. The molecule has 0 amide bonds. The summed E-state index contributed by atoms with van der Waals surface area (Å²) >= 11 is 0. The summed E-state index contributed by atoms with van der Waals surface area (Å²) in [6, 6.07) is 15.3. The number of carbonyl (C=O) groups excluding carboxylic acids is 3. The van der Waals surface area contributed by atoms with E-state index in [0.29, 0.717) is 48.7 Å². The monoisotopic (exact) mass is 478 g/mol. The molecule has 3 aromatic rings. The molecule has 1 saturated heterocycles. The molecule has 1 aromatic heterocycles. The van der Waals surface area contributed by atoms with E-state index in [-0.39, 0.29) is 13.2 Å². The van der Waals surface area contributed by atoms with Crippen LogP contribution in [0.1, 0.15) is 28.5 Å². The predicted molar refractivity (Wildman–Crippen MR) is 131 cm³/mol. The fraction of sp³-hybridized carbons (Fsp3) is 0.370. The lowest BCUT2D eigenvalue weighted by atomic mass is 10.0. The Kier molecular flexibility index (Phi) is 7.94. The molecule has 0 aliphatic carbocycles. The maximum Gasteiger partial charge on any atom is 0.344 e. The van der Waals surface area contributed by atoms with Crippen LogP contribution in [0.3, 0.4) is 0 Å². The van der Waals surface area contributed by atoms with Crippen LogP contribution in [0.5, 0.6) is 5.75 Å². The van der Waals surface area contributed by atoms with Crippen LogP contribution < -0.4 is 4.74 Å². The number of ketones is 2. The standard InChI is InChI=1S/C27H30N2O6/c1-19-25(27(32)20(2)30)26-22(29(19)17-21-7-4-3-5-8-21)9-6-10-23(26)35-18-24(31)34-16-13-28-11-14-33-15-12-28/h3-10H,11-18H2,1-2H3. The third kappa shape index (κ3) is 5.78. The van der Waals surface area contributed by atoms with Gasteiger partial charge in [0, 0.05) is 38.8 Å². The Labute approximate surface area is 204 Å². The van der Waals surface area contributed by atoms with Crippen molar-refractivity contribution in [3.63, 3.8) is 0 Å². The van der Waals surface area contributed by atoms with Crippen LogP contribution in [0.25, 0.3) is 10.9 Å². The quantitative estimate of drug-likeness (QED) is 0.251. The van der Waals surface area contributed by atoms with Gasteiger partial charge in [-0.2, -0.15) is 0 Å². The molecule has 8 nitrogen and oxygen atoms in total. The molecule has 35 heavy (non-hydrogen) atoms. The number of aromatic nitrogens is 1. The SMILES string of the molecule is CC(=O)C(=O)c1c(C)n(Cc2ccccc2)c2cccc(OCC(=O)OCCN3CCOCC3)c12. The second kappa shape index (κ2) is 11.3. The normalized spacial score (nSPS) is 14.1. The topological polar surface area (TPSA) is 87.1 Å². The van der Waals surface area contributed by atoms with Crippen molar-refractivity contribution in [2.75, 3.05) is 46.1 Å². The third-order valence-electron chi connectivity index (χ3n) is 6.16. The number of esters is 1. The van der Waals surface area contributed by atoms with Gasteiger partial charge in [0.25, 0.3) is 0 Å². The number of nitrogens with zero attached hydrogens (tertiary/aromatic N) is 2. The smallest absolute Gasteiger partial charge is 0.344 e. The molecule has 0 N–H and O–H groups in total. The molecule has 2 heterocycles. The Morgan fingerprint density at radius 2 is 1.74 bits per heavy atom. The van der Waals surface area contributed by atoms with Crippen LogP contribution in [-0.2, 0) is 25.6 Å². The van der Waals surface area contributed by atoms with E-state index in [2.05, 4.69) is 4.90 Å². The second-order valence-corrected chi connectivity index (χ2v) is 8.53. The second-order valence-electron chi connectivity index (χ2n) is 8.53. The summed E-state index contributed by atoms with van der Waals surface area (Å²) in [6.07, 6.45) is 0. The average molecular weight is 479 g/mol. The van der Waals surface area contributed by atoms with E-state index in [9.17, 15) is 14.4 Å². The highest BCUT2D eigenvalue weighted by Gasteiger charge is 2.25. The first kappa shape index (κ1) is 24.6. The summed E-state index contributed by atoms with van der Waals surface area (Å²) < 4.78 is 18.5.